The first kappa shape index (κ1) is 16.0. The van der Waals surface area contributed by atoms with Crippen LogP contribution in [0.15, 0.2) is 48.7 Å². The maximum atomic E-state index is 11.5. The predicted molar refractivity (Wildman–Crippen MR) is 89.7 cm³/mol. The Hall–Kier alpha value is -2.40. The summed E-state index contributed by atoms with van der Waals surface area (Å²) in [7, 11) is 0. The van der Waals surface area contributed by atoms with Crippen LogP contribution in [0.5, 0.6) is 0 Å². The molecule has 1 aromatic heterocycles. The summed E-state index contributed by atoms with van der Waals surface area (Å²) in [5.74, 6) is 0.803. The number of amides is 1. The van der Waals surface area contributed by atoms with Crippen molar-refractivity contribution in [1.82, 2.24) is 4.98 Å². The summed E-state index contributed by atoms with van der Waals surface area (Å²) < 4.78 is 0. The monoisotopic (exact) mass is 298 g/mol. The molecule has 1 aromatic carbocycles. The summed E-state index contributed by atoms with van der Waals surface area (Å²) in [4.78, 5) is 18.1. The van der Waals surface area contributed by atoms with Crippen LogP contribution in [-0.2, 0) is 11.3 Å². The maximum absolute atomic E-state index is 11.5. The third-order valence-corrected chi connectivity index (χ3v) is 3.33. The van der Waals surface area contributed by atoms with Gasteiger partial charge in [0, 0.05) is 26.1 Å². The normalized spacial score (nSPS) is 10.3. The molecule has 5 nitrogen and oxygen atoms in total. The summed E-state index contributed by atoms with van der Waals surface area (Å²) in [6, 6.07) is 14.1. The van der Waals surface area contributed by atoms with E-state index < -0.39 is 0 Å². The average Bonchev–Trinajstić information content (AvgIpc) is 2.55. The fraction of sp³-hybridized carbons (Fsp3) is 0.294. The predicted octanol–water partition coefficient (Wildman–Crippen LogP) is 2.40. The van der Waals surface area contributed by atoms with Gasteiger partial charge in [-0.15, -0.1) is 0 Å². The van der Waals surface area contributed by atoms with Gasteiger partial charge in [-0.3, -0.25) is 4.79 Å². The van der Waals surface area contributed by atoms with Crippen molar-refractivity contribution in [1.29, 1.82) is 0 Å². The second kappa shape index (κ2) is 8.14. The molecule has 0 bridgehead atoms. The standard InChI is InChI=1S/C17H22N4O/c1-2-21(13-14-6-4-3-5-7-14)16-9-8-15(12-19-16)20-17(22)10-11-18/h3-9,12H,2,10-11,13,18H2,1H3,(H,20,22). The summed E-state index contributed by atoms with van der Waals surface area (Å²) in [5, 5.41) is 2.78. The van der Waals surface area contributed by atoms with Gasteiger partial charge in [0.25, 0.3) is 0 Å². The lowest BCUT2D eigenvalue weighted by molar-refractivity contribution is -0.116. The smallest absolute Gasteiger partial charge is 0.225 e. The Labute approximate surface area is 131 Å². The molecule has 5 heteroatoms. The number of pyridine rings is 1. The van der Waals surface area contributed by atoms with E-state index in [0.717, 1.165) is 18.9 Å². The number of hydrogen-bond acceptors (Lipinski definition) is 4. The van der Waals surface area contributed by atoms with Crippen molar-refractivity contribution in [3.8, 4) is 0 Å². The zero-order valence-electron chi connectivity index (χ0n) is 12.8. The molecule has 0 saturated carbocycles. The largest absolute Gasteiger partial charge is 0.353 e. The van der Waals surface area contributed by atoms with Gasteiger partial charge in [0.15, 0.2) is 0 Å². The molecule has 0 radical (unpaired) electrons. The van der Waals surface area contributed by atoms with E-state index in [2.05, 4.69) is 34.3 Å². The number of rotatable bonds is 7. The molecular weight excluding hydrogens is 276 g/mol. The van der Waals surface area contributed by atoms with Gasteiger partial charge in [0.05, 0.1) is 11.9 Å². The van der Waals surface area contributed by atoms with Gasteiger partial charge < -0.3 is 16.0 Å². The average molecular weight is 298 g/mol. The summed E-state index contributed by atoms with van der Waals surface area (Å²) in [6.07, 6.45) is 1.99. The molecule has 0 aliphatic heterocycles. The highest BCUT2D eigenvalue weighted by atomic mass is 16.1. The Balaban J connectivity index is 2.02. The third-order valence-electron chi connectivity index (χ3n) is 3.33. The molecule has 1 heterocycles. The van der Waals surface area contributed by atoms with Crippen LogP contribution >= 0.6 is 0 Å². The van der Waals surface area contributed by atoms with E-state index in [1.165, 1.54) is 5.56 Å². The molecule has 116 valence electrons. The topological polar surface area (TPSA) is 71.2 Å². The number of nitrogens with two attached hydrogens (primary N) is 1. The highest BCUT2D eigenvalue weighted by Crippen LogP contribution is 2.16. The quantitative estimate of drug-likeness (QED) is 0.823. The molecule has 2 rings (SSSR count). The zero-order chi connectivity index (χ0) is 15.8. The van der Waals surface area contributed by atoms with Gasteiger partial charge in [-0.1, -0.05) is 30.3 Å². The fourth-order valence-corrected chi connectivity index (χ4v) is 2.16. The van der Waals surface area contributed by atoms with Gasteiger partial charge in [-0.25, -0.2) is 4.98 Å². The minimum atomic E-state index is -0.0892. The van der Waals surface area contributed by atoms with Crippen molar-refractivity contribution >= 4 is 17.4 Å². The minimum Gasteiger partial charge on any atom is -0.353 e. The number of aromatic nitrogens is 1. The second-order valence-electron chi connectivity index (χ2n) is 4.99. The molecule has 1 amide bonds. The van der Waals surface area contributed by atoms with Crippen molar-refractivity contribution in [3.05, 3.63) is 54.2 Å². The molecule has 0 aliphatic rings. The Morgan fingerprint density at radius 3 is 2.59 bits per heavy atom. The number of anilines is 2. The Morgan fingerprint density at radius 2 is 2.00 bits per heavy atom. The lowest BCUT2D eigenvalue weighted by Gasteiger charge is -2.22. The highest BCUT2D eigenvalue weighted by Gasteiger charge is 2.07. The van der Waals surface area contributed by atoms with Crippen LogP contribution in [0.4, 0.5) is 11.5 Å². The summed E-state index contributed by atoms with van der Waals surface area (Å²) in [6.45, 7) is 4.11. The maximum Gasteiger partial charge on any atom is 0.225 e. The van der Waals surface area contributed by atoms with Crippen molar-refractivity contribution < 1.29 is 4.79 Å². The van der Waals surface area contributed by atoms with Crippen LogP contribution in [0.1, 0.15) is 18.9 Å². The fourth-order valence-electron chi connectivity index (χ4n) is 2.16. The summed E-state index contributed by atoms with van der Waals surface area (Å²) in [5.41, 5.74) is 7.29. The molecule has 0 atom stereocenters. The molecule has 0 unspecified atom stereocenters. The van der Waals surface area contributed by atoms with Crippen LogP contribution < -0.4 is 16.0 Å². The molecule has 0 aliphatic carbocycles. The van der Waals surface area contributed by atoms with Crippen molar-refractivity contribution in [3.63, 3.8) is 0 Å². The van der Waals surface area contributed by atoms with E-state index >= 15 is 0 Å². The van der Waals surface area contributed by atoms with Gasteiger partial charge in [-0.05, 0) is 24.6 Å². The van der Waals surface area contributed by atoms with Gasteiger partial charge in [0.2, 0.25) is 5.91 Å². The van der Waals surface area contributed by atoms with E-state index in [9.17, 15) is 4.79 Å². The first-order chi connectivity index (χ1) is 10.7. The van der Waals surface area contributed by atoms with Gasteiger partial charge in [0.1, 0.15) is 5.82 Å². The van der Waals surface area contributed by atoms with Crippen LogP contribution in [-0.4, -0.2) is 24.0 Å². The third kappa shape index (κ3) is 4.56. The van der Waals surface area contributed by atoms with Crippen LogP contribution in [0, 0.1) is 0 Å². The second-order valence-corrected chi connectivity index (χ2v) is 4.99. The zero-order valence-corrected chi connectivity index (χ0v) is 12.8. The molecule has 22 heavy (non-hydrogen) atoms. The van der Waals surface area contributed by atoms with Gasteiger partial charge in [-0.2, -0.15) is 0 Å². The molecule has 0 spiro atoms. The number of benzene rings is 1. The molecule has 3 N–H and O–H groups in total. The van der Waals surface area contributed by atoms with E-state index in [1.54, 1.807) is 6.20 Å². The first-order valence-electron chi connectivity index (χ1n) is 7.47. The number of hydrogen-bond donors (Lipinski definition) is 2. The number of carbonyl (C=O) groups is 1. The lowest BCUT2D eigenvalue weighted by Crippen LogP contribution is -2.23. The summed E-state index contributed by atoms with van der Waals surface area (Å²) >= 11 is 0. The molecule has 0 fully saturated rings. The molecule has 2 aromatic rings. The van der Waals surface area contributed by atoms with Crippen molar-refractivity contribution in [2.24, 2.45) is 5.73 Å². The van der Waals surface area contributed by atoms with E-state index in [-0.39, 0.29) is 5.91 Å². The van der Waals surface area contributed by atoms with Gasteiger partial charge >= 0.3 is 0 Å². The number of nitrogens with zero attached hydrogens (tertiary/aromatic N) is 2. The van der Waals surface area contributed by atoms with E-state index in [0.29, 0.717) is 18.7 Å². The Bertz CT molecular complexity index is 583. The van der Waals surface area contributed by atoms with Crippen LogP contribution in [0.2, 0.25) is 0 Å². The van der Waals surface area contributed by atoms with Crippen LogP contribution in [0.3, 0.4) is 0 Å². The number of carbonyl (C=O) groups excluding carboxylic acids is 1. The van der Waals surface area contributed by atoms with Crippen molar-refractivity contribution in [2.75, 3.05) is 23.3 Å². The molecular formula is C17H22N4O. The lowest BCUT2D eigenvalue weighted by atomic mass is 10.2. The minimum absolute atomic E-state index is 0.0892. The Morgan fingerprint density at radius 1 is 1.23 bits per heavy atom. The van der Waals surface area contributed by atoms with E-state index in [1.807, 2.05) is 30.3 Å². The highest BCUT2D eigenvalue weighted by molar-refractivity contribution is 5.90. The molecule has 0 saturated heterocycles. The Kier molecular flexibility index (Phi) is 5.91. The van der Waals surface area contributed by atoms with Crippen molar-refractivity contribution in [2.45, 2.75) is 19.9 Å². The SMILES string of the molecule is CCN(Cc1ccccc1)c1ccc(NC(=O)CCN)cn1. The first-order valence-corrected chi connectivity index (χ1v) is 7.47. The van der Waals surface area contributed by atoms with Crippen LogP contribution in [0.25, 0.3) is 0 Å². The number of nitrogens with one attached hydrogen (secondary N) is 1. The van der Waals surface area contributed by atoms with E-state index in [4.69, 9.17) is 5.73 Å².